The average molecular weight is 225 g/mol. The second-order valence-corrected chi connectivity index (χ2v) is 7.07. The highest BCUT2D eigenvalue weighted by atomic mass is 32.2. The van der Waals surface area contributed by atoms with E-state index in [1.54, 1.807) is 0 Å². The lowest BCUT2D eigenvalue weighted by molar-refractivity contribution is 0.107. The molecule has 0 aromatic carbocycles. The Hall–Kier alpha value is 0.310. The summed E-state index contributed by atoms with van der Waals surface area (Å²) in [5.74, 6) is 0. The SMILES string of the molecule is CN1[C@H]2CCCC[C@@H]2S[C@H]2CCCC[C@@H]21. The minimum atomic E-state index is 0.920. The fourth-order valence-electron chi connectivity index (χ4n) is 3.87. The van der Waals surface area contributed by atoms with Gasteiger partial charge in [-0.1, -0.05) is 25.7 Å². The zero-order chi connectivity index (χ0) is 10.3. The van der Waals surface area contributed by atoms with Gasteiger partial charge in [0.1, 0.15) is 0 Å². The van der Waals surface area contributed by atoms with Crippen molar-refractivity contribution in [3.63, 3.8) is 0 Å². The summed E-state index contributed by atoms with van der Waals surface area (Å²) in [4.78, 5) is 2.77. The van der Waals surface area contributed by atoms with Crippen molar-refractivity contribution in [2.75, 3.05) is 7.05 Å². The van der Waals surface area contributed by atoms with Gasteiger partial charge in [0.2, 0.25) is 0 Å². The molecule has 2 heteroatoms. The molecule has 4 atom stereocenters. The second kappa shape index (κ2) is 4.29. The van der Waals surface area contributed by atoms with Gasteiger partial charge in [0.25, 0.3) is 0 Å². The summed E-state index contributed by atoms with van der Waals surface area (Å²) >= 11 is 2.36. The second-order valence-electron chi connectivity index (χ2n) is 5.58. The fraction of sp³-hybridized carbons (Fsp3) is 1.00. The Balaban J connectivity index is 1.76. The molecular formula is C13H23NS. The van der Waals surface area contributed by atoms with E-state index in [0.717, 1.165) is 22.6 Å². The van der Waals surface area contributed by atoms with E-state index >= 15 is 0 Å². The van der Waals surface area contributed by atoms with Crippen molar-refractivity contribution >= 4 is 11.8 Å². The summed E-state index contributed by atoms with van der Waals surface area (Å²) in [5.41, 5.74) is 0. The molecule has 15 heavy (non-hydrogen) atoms. The lowest BCUT2D eigenvalue weighted by Gasteiger charge is -2.51. The molecular weight excluding hydrogens is 202 g/mol. The van der Waals surface area contributed by atoms with E-state index in [2.05, 4.69) is 23.7 Å². The zero-order valence-electron chi connectivity index (χ0n) is 9.82. The summed E-state index contributed by atoms with van der Waals surface area (Å²) in [6.45, 7) is 0. The molecule has 0 radical (unpaired) electrons. The summed E-state index contributed by atoms with van der Waals surface area (Å²) < 4.78 is 0. The first kappa shape index (κ1) is 10.5. The molecule has 0 bridgehead atoms. The van der Waals surface area contributed by atoms with Crippen LogP contribution in [0.2, 0.25) is 0 Å². The summed E-state index contributed by atoms with van der Waals surface area (Å²) in [6.07, 6.45) is 11.8. The van der Waals surface area contributed by atoms with Gasteiger partial charge < -0.3 is 0 Å². The first-order valence-corrected chi connectivity index (χ1v) is 7.68. The van der Waals surface area contributed by atoms with Crippen LogP contribution >= 0.6 is 11.8 Å². The van der Waals surface area contributed by atoms with Gasteiger partial charge in [0.05, 0.1) is 0 Å². The minimum absolute atomic E-state index is 0.920. The zero-order valence-corrected chi connectivity index (χ0v) is 10.6. The monoisotopic (exact) mass is 225 g/mol. The van der Waals surface area contributed by atoms with Gasteiger partial charge in [-0.05, 0) is 32.7 Å². The lowest BCUT2D eigenvalue weighted by Crippen LogP contribution is -2.56. The van der Waals surface area contributed by atoms with Gasteiger partial charge in [-0.2, -0.15) is 11.8 Å². The van der Waals surface area contributed by atoms with E-state index in [1.807, 2.05) is 0 Å². The van der Waals surface area contributed by atoms with Crippen LogP contribution < -0.4 is 0 Å². The van der Waals surface area contributed by atoms with Gasteiger partial charge in [-0.25, -0.2) is 0 Å². The number of hydrogen-bond acceptors (Lipinski definition) is 2. The maximum atomic E-state index is 2.77. The smallest absolute Gasteiger partial charge is 0.0215 e. The molecule has 3 fully saturated rings. The highest BCUT2D eigenvalue weighted by Crippen LogP contribution is 2.45. The first-order valence-electron chi connectivity index (χ1n) is 6.73. The molecule has 0 unspecified atom stereocenters. The van der Waals surface area contributed by atoms with Crippen LogP contribution in [0.1, 0.15) is 51.4 Å². The van der Waals surface area contributed by atoms with Crippen molar-refractivity contribution in [3.8, 4) is 0 Å². The summed E-state index contributed by atoms with van der Waals surface area (Å²) in [6, 6.07) is 1.84. The molecule has 0 N–H and O–H groups in total. The van der Waals surface area contributed by atoms with E-state index in [1.165, 1.54) is 51.4 Å². The predicted molar refractivity (Wildman–Crippen MR) is 67.4 cm³/mol. The molecule has 3 rings (SSSR count). The van der Waals surface area contributed by atoms with Crippen LogP contribution in [0.3, 0.4) is 0 Å². The third-order valence-corrected chi connectivity index (χ3v) is 6.53. The van der Waals surface area contributed by atoms with Crippen LogP contribution in [0.25, 0.3) is 0 Å². The largest absolute Gasteiger partial charge is 0.298 e. The average Bonchev–Trinajstić information content (AvgIpc) is 2.30. The molecule has 1 nitrogen and oxygen atoms in total. The normalized spacial score (nSPS) is 47.0. The Kier molecular flexibility index (Phi) is 2.99. The lowest BCUT2D eigenvalue weighted by atomic mass is 9.88. The van der Waals surface area contributed by atoms with Crippen LogP contribution in [-0.2, 0) is 0 Å². The molecule has 0 aromatic heterocycles. The van der Waals surface area contributed by atoms with Gasteiger partial charge in [-0.3, -0.25) is 4.90 Å². The Bertz CT molecular complexity index is 209. The van der Waals surface area contributed by atoms with Crippen molar-refractivity contribution in [1.29, 1.82) is 0 Å². The molecule has 1 aliphatic heterocycles. The van der Waals surface area contributed by atoms with E-state index in [0.29, 0.717) is 0 Å². The quantitative estimate of drug-likeness (QED) is 0.622. The maximum Gasteiger partial charge on any atom is 0.0215 e. The Morgan fingerprint density at radius 2 is 1.27 bits per heavy atom. The summed E-state index contributed by atoms with van der Waals surface area (Å²) in [5, 5.41) is 1.95. The number of nitrogens with zero attached hydrogens (tertiary/aromatic N) is 1. The van der Waals surface area contributed by atoms with Crippen molar-refractivity contribution in [2.24, 2.45) is 0 Å². The third kappa shape index (κ3) is 1.84. The number of fused-ring (bicyclic) bond motifs is 2. The molecule has 1 heterocycles. The number of hydrogen-bond donors (Lipinski definition) is 0. The highest BCUT2D eigenvalue weighted by Gasteiger charge is 2.42. The van der Waals surface area contributed by atoms with E-state index in [9.17, 15) is 0 Å². The molecule has 2 aliphatic carbocycles. The number of rotatable bonds is 0. The number of thioether (sulfide) groups is 1. The van der Waals surface area contributed by atoms with Crippen LogP contribution in [0.15, 0.2) is 0 Å². The van der Waals surface area contributed by atoms with Crippen molar-refractivity contribution < 1.29 is 0 Å². The maximum absolute atomic E-state index is 2.77. The van der Waals surface area contributed by atoms with Gasteiger partial charge >= 0.3 is 0 Å². The van der Waals surface area contributed by atoms with Crippen LogP contribution in [0.5, 0.6) is 0 Å². The fourth-order valence-corrected chi connectivity index (χ4v) is 5.95. The van der Waals surface area contributed by atoms with E-state index in [4.69, 9.17) is 0 Å². The minimum Gasteiger partial charge on any atom is -0.298 e. The van der Waals surface area contributed by atoms with Crippen LogP contribution in [0.4, 0.5) is 0 Å². The highest BCUT2D eigenvalue weighted by molar-refractivity contribution is 8.00. The van der Waals surface area contributed by atoms with E-state index in [-0.39, 0.29) is 0 Å². The predicted octanol–water partition coefficient (Wildman–Crippen LogP) is 3.29. The molecule has 86 valence electrons. The Labute approximate surface area is 98.0 Å². The van der Waals surface area contributed by atoms with Crippen molar-refractivity contribution in [1.82, 2.24) is 4.90 Å². The van der Waals surface area contributed by atoms with Crippen LogP contribution in [0, 0.1) is 0 Å². The standard InChI is InChI=1S/C13H23NS/c1-14-10-6-2-4-8-12(10)15-13-9-5-3-7-11(13)14/h10-13H,2-9H2,1H3/t10-,11-,12-,13-/m0/s1. The Morgan fingerprint density at radius 1 is 0.800 bits per heavy atom. The first-order chi connectivity index (χ1) is 7.36. The van der Waals surface area contributed by atoms with Crippen molar-refractivity contribution in [3.05, 3.63) is 0 Å². The van der Waals surface area contributed by atoms with Gasteiger partial charge in [0, 0.05) is 22.6 Å². The van der Waals surface area contributed by atoms with E-state index < -0.39 is 0 Å². The van der Waals surface area contributed by atoms with Gasteiger partial charge in [-0.15, -0.1) is 0 Å². The topological polar surface area (TPSA) is 3.24 Å². The van der Waals surface area contributed by atoms with Gasteiger partial charge in [0.15, 0.2) is 0 Å². The molecule has 2 saturated carbocycles. The van der Waals surface area contributed by atoms with Crippen LogP contribution in [-0.4, -0.2) is 34.5 Å². The molecule has 0 amide bonds. The Morgan fingerprint density at radius 3 is 1.80 bits per heavy atom. The molecule has 3 aliphatic rings. The molecule has 1 saturated heterocycles. The summed E-state index contributed by atoms with van der Waals surface area (Å²) in [7, 11) is 2.41. The molecule has 0 aromatic rings. The third-order valence-electron chi connectivity index (χ3n) is 4.73. The molecule has 0 spiro atoms. The van der Waals surface area contributed by atoms with Crippen molar-refractivity contribution in [2.45, 2.75) is 74.0 Å².